The van der Waals surface area contributed by atoms with Gasteiger partial charge in [0, 0.05) is 7.11 Å². The fourth-order valence-electron chi connectivity index (χ4n) is 1.60. The molecular weight excluding hydrogens is 249 g/mol. The van der Waals surface area contributed by atoms with Gasteiger partial charge in [-0.05, 0) is 25.7 Å². The number of hydrogen-bond donors (Lipinski definition) is 0. The lowest BCUT2D eigenvalue weighted by atomic mass is 9.95. The lowest BCUT2D eigenvalue weighted by Crippen LogP contribution is -2.33. The van der Waals surface area contributed by atoms with E-state index in [1.54, 1.807) is 0 Å². The molecule has 1 fully saturated rings. The molecule has 16 heavy (non-hydrogen) atoms. The van der Waals surface area contributed by atoms with E-state index in [4.69, 9.17) is 4.74 Å². The molecule has 0 N–H and O–H groups in total. The smallest absolute Gasteiger partial charge is 0.381 e. The van der Waals surface area contributed by atoms with E-state index in [0.717, 1.165) is 0 Å². The summed E-state index contributed by atoms with van der Waals surface area (Å²) in [5, 5.41) is 0. The van der Waals surface area contributed by atoms with Gasteiger partial charge in [0.2, 0.25) is 0 Å². The largest absolute Gasteiger partial charge is 0.523 e. The van der Waals surface area contributed by atoms with Crippen LogP contribution in [0.25, 0.3) is 0 Å². The van der Waals surface area contributed by atoms with Gasteiger partial charge in [-0.25, -0.2) is 0 Å². The Bertz CT molecular complexity index is 317. The molecular formula is C8H13F3O4S. The van der Waals surface area contributed by atoms with Gasteiger partial charge in [-0.15, -0.1) is 0 Å². The first-order valence-corrected chi connectivity index (χ1v) is 6.19. The van der Waals surface area contributed by atoms with E-state index in [0.29, 0.717) is 12.8 Å². The first-order valence-electron chi connectivity index (χ1n) is 4.78. The molecule has 1 rings (SSSR count). The Morgan fingerprint density at radius 2 is 1.50 bits per heavy atom. The van der Waals surface area contributed by atoms with Crippen LogP contribution in [0.5, 0.6) is 0 Å². The van der Waals surface area contributed by atoms with Gasteiger partial charge in [0.05, 0.1) is 12.2 Å². The summed E-state index contributed by atoms with van der Waals surface area (Å²) in [6.07, 6.45) is 0.622. The van der Waals surface area contributed by atoms with E-state index in [1.807, 2.05) is 0 Å². The van der Waals surface area contributed by atoms with Gasteiger partial charge in [0.15, 0.2) is 0 Å². The fraction of sp³-hybridized carbons (Fsp3) is 1.00. The number of alkyl halides is 3. The van der Waals surface area contributed by atoms with Crippen LogP contribution >= 0.6 is 0 Å². The highest BCUT2D eigenvalue weighted by Crippen LogP contribution is 2.30. The molecule has 4 nitrogen and oxygen atoms in total. The molecule has 0 saturated heterocycles. The van der Waals surface area contributed by atoms with Crippen LogP contribution in [0.1, 0.15) is 25.7 Å². The molecule has 0 amide bonds. The molecule has 0 aromatic heterocycles. The third-order valence-electron chi connectivity index (χ3n) is 2.50. The average Bonchev–Trinajstić information content (AvgIpc) is 2.16. The molecule has 0 radical (unpaired) electrons. The summed E-state index contributed by atoms with van der Waals surface area (Å²) >= 11 is 0. The molecule has 96 valence electrons. The minimum absolute atomic E-state index is 0.0200. The molecule has 0 heterocycles. The second kappa shape index (κ2) is 4.89. The van der Waals surface area contributed by atoms with E-state index < -0.39 is 21.7 Å². The van der Waals surface area contributed by atoms with Crippen molar-refractivity contribution in [1.29, 1.82) is 0 Å². The van der Waals surface area contributed by atoms with E-state index in [2.05, 4.69) is 4.18 Å². The number of halogens is 3. The molecule has 0 aromatic rings. The van der Waals surface area contributed by atoms with Crippen LogP contribution in [-0.4, -0.2) is 33.2 Å². The van der Waals surface area contributed by atoms with Gasteiger partial charge in [-0.3, -0.25) is 4.18 Å². The molecule has 1 aliphatic carbocycles. The van der Waals surface area contributed by atoms with Gasteiger partial charge in [0.1, 0.15) is 0 Å². The minimum Gasteiger partial charge on any atom is -0.381 e. The summed E-state index contributed by atoms with van der Waals surface area (Å²) in [5.74, 6) is 0. The van der Waals surface area contributed by atoms with Gasteiger partial charge >= 0.3 is 15.6 Å². The Balaban J connectivity index is 2.52. The number of rotatable bonds is 3. The van der Waals surface area contributed by atoms with Gasteiger partial charge in [-0.2, -0.15) is 21.6 Å². The monoisotopic (exact) mass is 262 g/mol. The van der Waals surface area contributed by atoms with Crippen molar-refractivity contribution in [2.75, 3.05) is 7.11 Å². The summed E-state index contributed by atoms with van der Waals surface area (Å²) in [6, 6.07) is 0. The molecule has 8 heteroatoms. The van der Waals surface area contributed by atoms with Crippen molar-refractivity contribution in [2.24, 2.45) is 0 Å². The van der Waals surface area contributed by atoms with Crippen LogP contribution in [0, 0.1) is 0 Å². The third-order valence-corrected chi connectivity index (χ3v) is 3.59. The van der Waals surface area contributed by atoms with Crippen molar-refractivity contribution >= 4 is 10.1 Å². The highest BCUT2D eigenvalue weighted by atomic mass is 32.2. The lowest BCUT2D eigenvalue weighted by molar-refractivity contribution is -0.0604. The summed E-state index contributed by atoms with van der Waals surface area (Å²) in [7, 11) is -3.95. The number of hydrogen-bond acceptors (Lipinski definition) is 4. The Morgan fingerprint density at radius 3 is 1.88 bits per heavy atom. The van der Waals surface area contributed by atoms with Crippen molar-refractivity contribution in [3.05, 3.63) is 0 Å². The first-order chi connectivity index (χ1) is 7.26. The second-order valence-corrected chi connectivity index (χ2v) is 5.19. The van der Waals surface area contributed by atoms with Gasteiger partial charge in [-0.1, -0.05) is 0 Å². The minimum atomic E-state index is -5.46. The van der Waals surface area contributed by atoms with Crippen LogP contribution in [0.2, 0.25) is 0 Å². The zero-order valence-corrected chi connectivity index (χ0v) is 9.47. The van der Waals surface area contributed by atoms with Crippen molar-refractivity contribution in [3.63, 3.8) is 0 Å². The van der Waals surface area contributed by atoms with Gasteiger partial charge < -0.3 is 4.74 Å². The van der Waals surface area contributed by atoms with E-state index in [-0.39, 0.29) is 18.9 Å². The summed E-state index contributed by atoms with van der Waals surface area (Å²) in [5.41, 5.74) is -5.34. The molecule has 0 aromatic carbocycles. The predicted molar refractivity (Wildman–Crippen MR) is 49.1 cm³/mol. The average molecular weight is 262 g/mol. The normalized spacial score (nSPS) is 28.0. The van der Waals surface area contributed by atoms with Crippen molar-refractivity contribution in [1.82, 2.24) is 0 Å². The van der Waals surface area contributed by atoms with Gasteiger partial charge in [0.25, 0.3) is 0 Å². The quantitative estimate of drug-likeness (QED) is 0.575. The maximum absolute atomic E-state index is 12.0. The fourth-order valence-corrected chi connectivity index (χ4v) is 2.26. The van der Waals surface area contributed by atoms with E-state index in [1.165, 1.54) is 7.11 Å². The highest BCUT2D eigenvalue weighted by molar-refractivity contribution is 7.87. The Hall–Kier alpha value is -0.340. The van der Waals surface area contributed by atoms with Crippen LogP contribution in [0.15, 0.2) is 0 Å². The molecule has 0 unspecified atom stereocenters. The summed E-state index contributed by atoms with van der Waals surface area (Å²) < 4.78 is 66.5. The SMILES string of the molecule is COC1CCC(OS(=O)(=O)C(F)(F)F)CC1. The predicted octanol–water partition coefficient (Wildman–Crippen LogP) is 1.81. The topological polar surface area (TPSA) is 52.6 Å². The van der Waals surface area contributed by atoms with Crippen LogP contribution in [-0.2, 0) is 19.0 Å². The summed E-state index contributed by atoms with van der Waals surface area (Å²) in [4.78, 5) is 0. The van der Waals surface area contributed by atoms with E-state index >= 15 is 0 Å². The van der Waals surface area contributed by atoms with Crippen molar-refractivity contribution < 1.29 is 30.5 Å². The first kappa shape index (κ1) is 13.7. The standard InChI is InChI=1S/C8H13F3O4S/c1-14-6-2-4-7(5-3-6)15-16(12,13)8(9,10)11/h6-7H,2-5H2,1H3. The maximum atomic E-state index is 12.0. The number of methoxy groups -OCH3 is 1. The lowest BCUT2D eigenvalue weighted by Gasteiger charge is -2.27. The maximum Gasteiger partial charge on any atom is 0.523 e. The van der Waals surface area contributed by atoms with Crippen molar-refractivity contribution in [2.45, 2.75) is 43.4 Å². The molecule has 0 bridgehead atoms. The Morgan fingerprint density at radius 1 is 1.06 bits per heavy atom. The second-order valence-electron chi connectivity index (χ2n) is 3.63. The van der Waals surface area contributed by atoms with Crippen LogP contribution in [0.4, 0.5) is 13.2 Å². The van der Waals surface area contributed by atoms with Crippen molar-refractivity contribution in [3.8, 4) is 0 Å². The Labute approximate surface area is 91.8 Å². The van der Waals surface area contributed by atoms with Crippen LogP contribution < -0.4 is 0 Å². The van der Waals surface area contributed by atoms with Crippen LogP contribution in [0.3, 0.4) is 0 Å². The highest BCUT2D eigenvalue weighted by Gasteiger charge is 2.48. The molecule has 0 aliphatic heterocycles. The van der Waals surface area contributed by atoms with E-state index in [9.17, 15) is 21.6 Å². The molecule has 1 saturated carbocycles. The summed E-state index contributed by atoms with van der Waals surface area (Å²) in [6.45, 7) is 0. The zero-order chi connectivity index (χ0) is 12.4. The molecule has 0 atom stereocenters. The zero-order valence-electron chi connectivity index (χ0n) is 8.66. The molecule has 0 spiro atoms. The molecule has 1 aliphatic rings. The Kier molecular flexibility index (Phi) is 4.19. The third kappa shape index (κ3) is 3.33. The number of ether oxygens (including phenoxy) is 1.